The highest BCUT2D eigenvalue weighted by molar-refractivity contribution is 7.89. The molecule has 3 aromatic rings. The van der Waals surface area contributed by atoms with Crippen LogP contribution in [0.15, 0.2) is 71.6 Å². The first kappa shape index (κ1) is 20.8. The molecule has 0 N–H and O–H groups in total. The summed E-state index contributed by atoms with van der Waals surface area (Å²) < 4.78 is 62.1. The summed E-state index contributed by atoms with van der Waals surface area (Å²) in [6.07, 6.45) is -0.646. The number of hydrogen-bond donors (Lipinski definition) is 0. The number of sulfonamides is 1. The van der Waals surface area contributed by atoms with Gasteiger partial charge in [0.15, 0.2) is 0 Å². The van der Waals surface area contributed by atoms with Crippen molar-refractivity contribution in [1.29, 1.82) is 0 Å². The average Bonchev–Trinajstić information content (AvgIpc) is 2.79. The third-order valence-corrected chi connectivity index (χ3v) is 7.30. The van der Waals surface area contributed by atoms with E-state index in [0.29, 0.717) is 0 Å². The maximum Gasteiger partial charge on any atom is 0.247 e. The largest absolute Gasteiger partial charge is 0.483 e. The third-order valence-electron chi connectivity index (χ3n) is 5.11. The second-order valence-electron chi connectivity index (χ2n) is 7.07. The molecule has 4 rings (SSSR count). The summed E-state index contributed by atoms with van der Waals surface area (Å²) in [6.45, 7) is 1.42. The number of hydrogen-bond acceptors (Lipinski definition) is 3. The molecule has 0 spiro atoms. The van der Waals surface area contributed by atoms with Crippen LogP contribution in [0.5, 0.6) is 5.75 Å². The van der Waals surface area contributed by atoms with E-state index < -0.39 is 33.8 Å². The van der Waals surface area contributed by atoms with E-state index in [2.05, 4.69) is 0 Å². The van der Waals surface area contributed by atoms with Gasteiger partial charge in [-0.3, -0.25) is 0 Å². The zero-order valence-corrected chi connectivity index (χ0v) is 17.5. The molecule has 0 fully saturated rings. The lowest BCUT2D eigenvalue weighted by Crippen LogP contribution is -2.41. The minimum atomic E-state index is -4.09. The van der Waals surface area contributed by atoms with Crippen molar-refractivity contribution in [2.45, 2.75) is 30.5 Å². The van der Waals surface area contributed by atoms with Crippen molar-refractivity contribution in [2.24, 2.45) is 0 Å². The molecule has 8 heteroatoms. The molecule has 0 amide bonds. The number of nitrogens with zero attached hydrogens (tertiary/aromatic N) is 1. The number of fused-ring (bicyclic) bond motifs is 1. The molecule has 30 heavy (non-hydrogen) atoms. The zero-order chi connectivity index (χ0) is 21.5. The van der Waals surface area contributed by atoms with Gasteiger partial charge >= 0.3 is 0 Å². The summed E-state index contributed by atoms with van der Waals surface area (Å²) in [5, 5.41) is 0.236. The molecule has 2 atom stereocenters. The molecular formula is C22H18ClF2NO3S. The van der Waals surface area contributed by atoms with Crippen LogP contribution in [0, 0.1) is 11.6 Å². The first-order valence-corrected chi connectivity index (χ1v) is 11.1. The lowest BCUT2D eigenvalue weighted by atomic mass is 10.0. The molecular weight excluding hydrogens is 432 g/mol. The Balaban J connectivity index is 1.87. The van der Waals surface area contributed by atoms with Crippen molar-refractivity contribution in [3.63, 3.8) is 0 Å². The van der Waals surface area contributed by atoms with Gasteiger partial charge < -0.3 is 4.74 Å². The van der Waals surface area contributed by atoms with E-state index in [1.807, 2.05) is 30.3 Å². The second-order valence-corrected chi connectivity index (χ2v) is 9.36. The normalized spacial score (nSPS) is 20.8. The van der Waals surface area contributed by atoms with Gasteiger partial charge in [0.25, 0.3) is 0 Å². The first-order valence-electron chi connectivity index (χ1n) is 9.24. The van der Waals surface area contributed by atoms with Crippen LogP contribution in [0.25, 0.3) is 0 Å². The predicted molar refractivity (Wildman–Crippen MR) is 110 cm³/mol. The molecule has 3 aromatic carbocycles. The van der Waals surface area contributed by atoms with Gasteiger partial charge in [-0.05, 0) is 36.8 Å². The Bertz CT molecular complexity index is 1190. The standard InChI is InChI=1S/C22H18ClF2NO3S/c1-14-22(15-5-3-2-4-6-15)29-20-10-8-17(23)11-21(20)30(27,28)26(14)13-16-7-9-18(24)12-19(16)25/h2-12,14,22H,13H2,1H3/t14-,22-/m0/s1. The van der Waals surface area contributed by atoms with Gasteiger partial charge in [-0.2, -0.15) is 4.31 Å². The lowest BCUT2D eigenvalue weighted by Gasteiger charge is -2.31. The first-order chi connectivity index (χ1) is 14.3. The predicted octanol–water partition coefficient (Wildman–Crippen LogP) is 5.33. The van der Waals surface area contributed by atoms with Crippen LogP contribution in [0.4, 0.5) is 8.78 Å². The van der Waals surface area contributed by atoms with Gasteiger partial charge in [-0.1, -0.05) is 48.0 Å². The number of benzene rings is 3. The number of rotatable bonds is 3. The number of halogens is 3. The topological polar surface area (TPSA) is 46.6 Å². The van der Waals surface area contributed by atoms with Gasteiger partial charge in [0.2, 0.25) is 10.0 Å². The molecule has 1 heterocycles. The van der Waals surface area contributed by atoms with Crippen molar-refractivity contribution < 1.29 is 21.9 Å². The molecule has 0 aliphatic carbocycles. The van der Waals surface area contributed by atoms with E-state index in [0.717, 1.165) is 17.7 Å². The monoisotopic (exact) mass is 449 g/mol. The highest BCUT2D eigenvalue weighted by Crippen LogP contribution is 2.40. The molecule has 1 aliphatic heterocycles. The van der Waals surface area contributed by atoms with E-state index in [4.69, 9.17) is 16.3 Å². The van der Waals surface area contributed by atoms with Crippen molar-refractivity contribution in [3.8, 4) is 5.75 Å². The molecule has 156 valence electrons. The molecule has 0 saturated carbocycles. The van der Waals surface area contributed by atoms with Crippen LogP contribution in [0.3, 0.4) is 0 Å². The Kier molecular flexibility index (Phi) is 5.53. The molecule has 0 unspecified atom stereocenters. The van der Waals surface area contributed by atoms with Crippen LogP contribution in [0.2, 0.25) is 5.02 Å². The molecule has 0 aromatic heterocycles. The van der Waals surface area contributed by atoms with Crippen molar-refractivity contribution >= 4 is 21.6 Å². The Labute approximate surface area is 178 Å². The SMILES string of the molecule is C[C@H]1[C@@H](c2ccccc2)Oc2ccc(Cl)cc2S(=O)(=O)N1Cc1ccc(F)cc1F. The summed E-state index contributed by atoms with van der Waals surface area (Å²) >= 11 is 6.06. The minimum Gasteiger partial charge on any atom is -0.483 e. The Morgan fingerprint density at radius 1 is 1.03 bits per heavy atom. The average molecular weight is 450 g/mol. The van der Waals surface area contributed by atoms with Crippen LogP contribution in [-0.4, -0.2) is 18.8 Å². The molecule has 0 bridgehead atoms. The van der Waals surface area contributed by atoms with Crippen molar-refractivity contribution in [2.75, 3.05) is 0 Å². The smallest absolute Gasteiger partial charge is 0.247 e. The van der Waals surface area contributed by atoms with Gasteiger partial charge in [-0.25, -0.2) is 17.2 Å². The summed E-state index contributed by atoms with van der Waals surface area (Å²) in [5.41, 5.74) is 0.830. The highest BCUT2D eigenvalue weighted by Gasteiger charge is 2.41. The lowest BCUT2D eigenvalue weighted by molar-refractivity contribution is 0.124. The van der Waals surface area contributed by atoms with E-state index in [-0.39, 0.29) is 27.8 Å². The quantitative estimate of drug-likeness (QED) is 0.543. The maximum absolute atomic E-state index is 14.4. The van der Waals surface area contributed by atoms with Gasteiger partial charge in [0.1, 0.15) is 28.4 Å². The summed E-state index contributed by atoms with van der Waals surface area (Å²) in [4.78, 5) is -0.0946. The number of ether oxygens (including phenoxy) is 1. The molecule has 0 radical (unpaired) electrons. The van der Waals surface area contributed by atoms with Crippen LogP contribution < -0.4 is 4.74 Å². The molecule has 4 nitrogen and oxygen atoms in total. The molecule has 1 aliphatic rings. The highest BCUT2D eigenvalue weighted by atomic mass is 35.5. The summed E-state index contributed by atoms with van der Waals surface area (Å²) in [5.74, 6) is -1.38. The zero-order valence-electron chi connectivity index (χ0n) is 15.9. The fourth-order valence-corrected chi connectivity index (χ4v) is 5.54. The fourth-order valence-electron chi connectivity index (χ4n) is 3.55. The van der Waals surface area contributed by atoms with E-state index >= 15 is 0 Å². The summed E-state index contributed by atoms with van der Waals surface area (Å²) in [7, 11) is -4.09. The van der Waals surface area contributed by atoms with Crippen LogP contribution in [-0.2, 0) is 16.6 Å². The van der Waals surface area contributed by atoms with Crippen LogP contribution >= 0.6 is 11.6 Å². The van der Waals surface area contributed by atoms with Crippen molar-refractivity contribution in [3.05, 3.63) is 94.5 Å². The van der Waals surface area contributed by atoms with Gasteiger partial charge in [-0.15, -0.1) is 0 Å². The third kappa shape index (κ3) is 3.80. The minimum absolute atomic E-state index is 0.0594. The molecule has 0 saturated heterocycles. The Morgan fingerprint density at radius 2 is 1.77 bits per heavy atom. The van der Waals surface area contributed by atoms with Gasteiger partial charge in [0.05, 0.1) is 6.04 Å². The second kappa shape index (κ2) is 7.98. The van der Waals surface area contributed by atoms with Crippen molar-refractivity contribution in [1.82, 2.24) is 4.31 Å². The Hall–Kier alpha value is -2.48. The van der Waals surface area contributed by atoms with E-state index in [1.54, 1.807) is 13.0 Å². The van der Waals surface area contributed by atoms with E-state index in [9.17, 15) is 17.2 Å². The maximum atomic E-state index is 14.4. The van der Waals surface area contributed by atoms with E-state index in [1.165, 1.54) is 22.5 Å². The fraction of sp³-hybridized carbons (Fsp3) is 0.182. The summed E-state index contributed by atoms with van der Waals surface area (Å²) in [6, 6.07) is 16.0. The Morgan fingerprint density at radius 3 is 2.47 bits per heavy atom. The van der Waals surface area contributed by atoms with Gasteiger partial charge in [0, 0.05) is 23.2 Å². The van der Waals surface area contributed by atoms with Crippen LogP contribution in [0.1, 0.15) is 24.2 Å².